The molecule has 3 N–H and O–H groups in total. The van der Waals surface area contributed by atoms with Crippen molar-refractivity contribution in [2.45, 2.75) is 39.7 Å². The Hall–Kier alpha value is -1.36. The summed E-state index contributed by atoms with van der Waals surface area (Å²) >= 11 is 0. The summed E-state index contributed by atoms with van der Waals surface area (Å²) in [5, 5.41) is 0. The van der Waals surface area contributed by atoms with Crippen molar-refractivity contribution in [2.75, 3.05) is 16.9 Å². The van der Waals surface area contributed by atoms with Crippen molar-refractivity contribution in [2.24, 2.45) is 11.8 Å². The van der Waals surface area contributed by atoms with E-state index in [9.17, 15) is 0 Å². The van der Waals surface area contributed by atoms with Gasteiger partial charge >= 0.3 is 0 Å². The molecule has 0 amide bonds. The largest absolute Gasteiger partial charge is 0.353 e. The van der Waals surface area contributed by atoms with Crippen LogP contribution in [0.5, 0.6) is 0 Å². The quantitative estimate of drug-likeness (QED) is 0.600. The number of nitrogen functional groups attached to an aromatic ring is 1. The van der Waals surface area contributed by atoms with E-state index in [1.807, 2.05) is 6.92 Å². The number of aromatic nitrogens is 2. The topological polar surface area (TPSA) is 67.1 Å². The van der Waals surface area contributed by atoms with Gasteiger partial charge in [-0.05, 0) is 25.7 Å². The number of nitrogens with one attached hydrogen (secondary N) is 1. The third-order valence-corrected chi connectivity index (χ3v) is 3.02. The van der Waals surface area contributed by atoms with Crippen LogP contribution in [-0.4, -0.2) is 22.6 Å². The molecule has 0 aliphatic heterocycles. The van der Waals surface area contributed by atoms with Crippen LogP contribution in [0.2, 0.25) is 0 Å². The molecule has 0 unspecified atom stereocenters. The summed E-state index contributed by atoms with van der Waals surface area (Å²) in [7, 11) is 0. The van der Waals surface area contributed by atoms with Crippen molar-refractivity contribution in [3.63, 3.8) is 0 Å². The van der Waals surface area contributed by atoms with E-state index in [0.29, 0.717) is 17.8 Å². The van der Waals surface area contributed by atoms with Gasteiger partial charge in [-0.1, -0.05) is 13.8 Å². The van der Waals surface area contributed by atoms with Crippen LogP contribution in [0.4, 0.5) is 11.6 Å². The Bertz CT molecular complexity index is 386. The van der Waals surface area contributed by atoms with Crippen LogP contribution in [0.3, 0.4) is 0 Å². The molecule has 0 atom stereocenters. The number of anilines is 2. The Labute approximate surface area is 102 Å². The van der Waals surface area contributed by atoms with Crippen molar-refractivity contribution in [3.05, 3.63) is 11.9 Å². The Morgan fingerprint density at radius 3 is 2.71 bits per heavy atom. The highest BCUT2D eigenvalue weighted by atomic mass is 15.3. The summed E-state index contributed by atoms with van der Waals surface area (Å²) < 4.78 is 0. The molecule has 94 valence electrons. The van der Waals surface area contributed by atoms with Crippen molar-refractivity contribution in [1.82, 2.24) is 9.97 Å². The second kappa shape index (κ2) is 4.87. The molecule has 1 aromatic heterocycles. The van der Waals surface area contributed by atoms with E-state index in [4.69, 9.17) is 5.84 Å². The molecule has 2 rings (SSSR count). The molecule has 17 heavy (non-hydrogen) atoms. The smallest absolute Gasteiger partial charge is 0.148 e. The fourth-order valence-corrected chi connectivity index (χ4v) is 2.06. The predicted molar refractivity (Wildman–Crippen MR) is 69.8 cm³/mol. The lowest BCUT2D eigenvalue weighted by atomic mass is 10.2. The molecule has 1 aliphatic carbocycles. The molecule has 1 aromatic rings. The van der Waals surface area contributed by atoms with Gasteiger partial charge in [-0.25, -0.2) is 15.8 Å². The van der Waals surface area contributed by atoms with Crippen LogP contribution in [0, 0.1) is 12.8 Å². The molecule has 0 aromatic carbocycles. The predicted octanol–water partition coefficient (Wildman–Crippen LogP) is 1.70. The molecule has 0 bridgehead atoms. The third-order valence-electron chi connectivity index (χ3n) is 3.02. The van der Waals surface area contributed by atoms with Gasteiger partial charge in [0.1, 0.15) is 18.0 Å². The Balaban J connectivity index is 2.28. The maximum atomic E-state index is 5.45. The lowest BCUT2D eigenvalue weighted by Crippen LogP contribution is -2.31. The summed E-state index contributed by atoms with van der Waals surface area (Å²) in [6, 6.07) is 0.650. The second-order valence-electron chi connectivity index (χ2n) is 5.09. The minimum Gasteiger partial charge on any atom is -0.353 e. The van der Waals surface area contributed by atoms with Gasteiger partial charge in [0.15, 0.2) is 0 Å². The first-order valence-corrected chi connectivity index (χ1v) is 6.18. The van der Waals surface area contributed by atoms with Gasteiger partial charge in [0.25, 0.3) is 0 Å². The maximum absolute atomic E-state index is 5.45. The molecule has 1 aliphatic rings. The fourth-order valence-electron chi connectivity index (χ4n) is 2.06. The number of hydrazine groups is 1. The highest BCUT2D eigenvalue weighted by Gasteiger charge is 2.31. The summed E-state index contributed by atoms with van der Waals surface area (Å²) in [6.45, 7) is 7.51. The monoisotopic (exact) mass is 235 g/mol. The number of hydrogen-bond donors (Lipinski definition) is 2. The van der Waals surface area contributed by atoms with Gasteiger partial charge in [-0.3, -0.25) is 0 Å². The number of nitrogens with zero attached hydrogens (tertiary/aromatic N) is 3. The van der Waals surface area contributed by atoms with E-state index in [1.165, 1.54) is 12.8 Å². The molecular formula is C12H21N5. The first kappa shape index (κ1) is 12.1. The molecule has 1 heterocycles. The van der Waals surface area contributed by atoms with Gasteiger partial charge < -0.3 is 10.3 Å². The molecule has 1 fully saturated rings. The maximum Gasteiger partial charge on any atom is 0.148 e. The lowest BCUT2D eigenvalue weighted by molar-refractivity contribution is 0.601. The average Bonchev–Trinajstić information content (AvgIpc) is 3.10. The van der Waals surface area contributed by atoms with Crippen LogP contribution < -0.4 is 16.2 Å². The summed E-state index contributed by atoms with van der Waals surface area (Å²) in [5.74, 6) is 7.81. The van der Waals surface area contributed by atoms with Crippen LogP contribution in [0.1, 0.15) is 32.3 Å². The van der Waals surface area contributed by atoms with Crippen molar-refractivity contribution < 1.29 is 0 Å². The zero-order valence-corrected chi connectivity index (χ0v) is 10.8. The van der Waals surface area contributed by atoms with E-state index in [-0.39, 0.29) is 0 Å². The van der Waals surface area contributed by atoms with E-state index >= 15 is 0 Å². The zero-order valence-electron chi connectivity index (χ0n) is 10.8. The van der Waals surface area contributed by atoms with Crippen molar-refractivity contribution in [1.29, 1.82) is 0 Å². The van der Waals surface area contributed by atoms with Gasteiger partial charge in [0.05, 0.1) is 0 Å². The Morgan fingerprint density at radius 2 is 2.18 bits per heavy atom. The lowest BCUT2D eigenvalue weighted by Gasteiger charge is -2.27. The van der Waals surface area contributed by atoms with E-state index < -0.39 is 0 Å². The van der Waals surface area contributed by atoms with Gasteiger partial charge in [0.2, 0.25) is 0 Å². The van der Waals surface area contributed by atoms with Crippen molar-refractivity contribution >= 4 is 11.6 Å². The van der Waals surface area contributed by atoms with E-state index in [1.54, 1.807) is 6.33 Å². The molecule has 0 radical (unpaired) electrons. The molecule has 0 saturated heterocycles. The standard InChI is InChI=1S/C12H21N5/c1-8(2)6-17(10-4-5-10)12-9(3)11(16-13)14-7-15-12/h7-8,10H,4-6,13H2,1-3H3,(H,14,15,16). The summed E-state index contributed by atoms with van der Waals surface area (Å²) in [4.78, 5) is 10.9. The number of rotatable bonds is 5. The molecule has 1 saturated carbocycles. The van der Waals surface area contributed by atoms with E-state index in [0.717, 1.165) is 17.9 Å². The normalized spacial score (nSPS) is 15.1. The molecule has 5 heteroatoms. The number of hydrogen-bond acceptors (Lipinski definition) is 5. The van der Waals surface area contributed by atoms with Crippen LogP contribution in [0.15, 0.2) is 6.33 Å². The van der Waals surface area contributed by atoms with Crippen LogP contribution >= 0.6 is 0 Å². The summed E-state index contributed by atoms with van der Waals surface area (Å²) in [6.07, 6.45) is 4.11. The third kappa shape index (κ3) is 2.66. The van der Waals surface area contributed by atoms with Gasteiger partial charge in [-0.2, -0.15) is 0 Å². The summed E-state index contributed by atoms with van der Waals surface area (Å²) in [5.41, 5.74) is 3.66. The second-order valence-corrected chi connectivity index (χ2v) is 5.09. The fraction of sp³-hybridized carbons (Fsp3) is 0.667. The Morgan fingerprint density at radius 1 is 1.47 bits per heavy atom. The van der Waals surface area contributed by atoms with Crippen LogP contribution in [0.25, 0.3) is 0 Å². The first-order valence-electron chi connectivity index (χ1n) is 6.18. The minimum absolute atomic E-state index is 0.624. The van der Waals surface area contributed by atoms with Gasteiger partial charge in [0, 0.05) is 18.2 Å². The average molecular weight is 235 g/mol. The minimum atomic E-state index is 0.624. The highest BCUT2D eigenvalue weighted by molar-refractivity contribution is 5.58. The van der Waals surface area contributed by atoms with Crippen LogP contribution in [-0.2, 0) is 0 Å². The SMILES string of the molecule is Cc1c(NN)ncnc1N(CC(C)C)C1CC1. The zero-order chi connectivity index (χ0) is 12.4. The Kier molecular flexibility index (Phi) is 3.47. The molecular weight excluding hydrogens is 214 g/mol. The highest BCUT2D eigenvalue weighted by Crippen LogP contribution is 2.33. The number of nitrogens with two attached hydrogens (primary N) is 1. The van der Waals surface area contributed by atoms with E-state index in [2.05, 4.69) is 34.1 Å². The molecule has 0 spiro atoms. The molecule has 5 nitrogen and oxygen atoms in total. The van der Waals surface area contributed by atoms with Crippen molar-refractivity contribution in [3.8, 4) is 0 Å². The first-order chi connectivity index (χ1) is 8.13. The van der Waals surface area contributed by atoms with Gasteiger partial charge in [-0.15, -0.1) is 0 Å².